The second kappa shape index (κ2) is 30.5. The molecule has 0 spiro atoms. The summed E-state index contributed by atoms with van der Waals surface area (Å²) in [5.74, 6) is 5.67. The highest BCUT2D eigenvalue weighted by Gasteiger charge is 2.25. The zero-order valence-corrected chi connectivity index (χ0v) is 55.9. The first-order valence-electron chi connectivity index (χ1n) is 23.2. The first-order chi connectivity index (χ1) is 37.4. The van der Waals surface area contributed by atoms with Gasteiger partial charge >= 0.3 is 63.6 Å². The summed E-state index contributed by atoms with van der Waals surface area (Å²) in [5, 5.41) is 0. The molecular formula is C62H44F2I7O6+3. The fourth-order valence-electron chi connectivity index (χ4n) is 6.74. The fraction of sp³-hybridized carbons (Fsp3) is 0.0323. The summed E-state index contributed by atoms with van der Waals surface area (Å²) >= 11 is 7.89. The predicted molar refractivity (Wildman–Crippen MR) is 321 cm³/mol. The number of methoxy groups -OCH3 is 2. The van der Waals surface area contributed by atoms with Gasteiger partial charge in [-0.15, -0.1) is 0 Å². The maximum absolute atomic E-state index is 14.4. The molecule has 388 valence electrons. The highest BCUT2D eigenvalue weighted by Crippen LogP contribution is 2.41. The maximum Gasteiger partial charge on any atom is 0.358 e. The van der Waals surface area contributed by atoms with Crippen LogP contribution in [0.2, 0.25) is 0 Å². The van der Waals surface area contributed by atoms with Crippen LogP contribution in [0, 0.1) is 47.3 Å². The topological polar surface area (TPSA) is 55.4 Å². The van der Waals surface area contributed by atoms with E-state index in [4.69, 9.17) is 28.4 Å². The number of rotatable bonds is 16. The van der Waals surface area contributed by atoms with Crippen molar-refractivity contribution in [2.24, 2.45) is 0 Å². The van der Waals surface area contributed by atoms with Gasteiger partial charge in [0.15, 0.2) is 43.1 Å². The molecule has 0 saturated carbocycles. The monoisotopic (exact) mass is 1810 g/mol. The Kier molecular flexibility index (Phi) is 23.4. The van der Waals surface area contributed by atoms with Gasteiger partial charge in [-0.3, -0.25) is 0 Å². The molecule has 0 amide bonds. The first-order valence-corrected chi connectivity index (χ1v) is 34.0. The summed E-state index contributed by atoms with van der Waals surface area (Å²) in [6.07, 6.45) is 0. The minimum atomic E-state index is -0.481. The molecule has 0 aliphatic carbocycles. The molecule has 0 fully saturated rings. The third-order valence-corrected chi connectivity index (χ3v) is 21.0. The number of halogens is 9. The number of ether oxygens (including phenoxy) is 6. The second-order valence-electron chi connectivity index (χ2n) is 15.8. The van der Waals surface area contributed by atoms with Gasteiger partial charge in [-0.1, -0.05) is 36.4 Å². The molecule has 0 aliphatic heterocycles. The molecule has 77 heavy (non-hydrogen) atoms. The van der Waals surface area contributed by atoms with Crippen molar-refractivity contribution in [3.05, 3.63) is 278 Å². The Bertz CT molecular complexity index is 3300. The van der Waals surface area contributed by atoms with Gasteiger partial charge < -0.3 is 28.4 Å². The Labute approximate surface area is 533 Å². The molecule has 10 rings (SSSR count). The molecule has 0 N–H and O–H groups in total. The van der Waals surface area contributed by atoms with E-state index in [1.165, 1.54) is 40.7 Å². The molecule has 0 bridgehead atoms. The lowest BCUT2D eigenvalue weighted by Crippen LogP contribution is -3.61. The number of hydrogen-bond acceptors (Lipinski definition) is 6. The maximum atomic E-state index is 14.4. The van der Waals surface area contributed by atoms with Crippen LogP contribution in [0.3, 0.4) is 0 Å². The van der Waals surface area contributed by atoms with Crippen molar-refractivity contribution in [3.63, 3.8) is 0 Å². The van der Waals surface area contributed by atoms with E-state index in [-0.39, 0.29) is 32.8 Å². The Morgan fingerprint density at radius 1 is 0.299 bits per heavy atom. The van der Waals surface area contributed by atoms with Gasteiger partial charge in [0, 0.05) is 38.5 Å². The Morgan fingerprint density at radius 2 is 0.584 bits per heavy atom. The van der Waals surface area contributed by atoms with Gasteiger partial charge in [0.05, 0.1) is 14.2 Å². The molecular weight excluding hydrogens is 1770 g/mol. The number of benzene rings is 10. The van der Waals surface area contributed by atoms with Crippen LogP contribution in [0.4, 0.5) is 8.78 Å². The normalized spacial score (nSPS) is 10.5. The van der Waals surface area contributed by atoms with Gasteiger partial charge in [-0.05, 0) is 260 Å². The zero-order chi connectivity index (χ0) is 53.9. The molecule has 10 aromatic rings. The van der Waals surface area contributed by atoms with Crippen molar-refractivity contribution >= 4 is 90.4 Å². The van der Waals surface area contributed by atoms with Crippen molar-refractivity contribution in [3.8, 4) is 57.5 Å². The van der Waals surface area contributed by atoms with E-state index in [1.807, 2.05) is 152 Å². The smallest absolute Gasteiger partial charge is 0.358 e. The van der Waals surface area contributed by atoms with E-state index in [9.17, 15) is 8.78 Å². The van der Waals surface area contributed by atoms with Crippen LogP contribution in [0.25, 0.3) is 0 Å². The average Bonchev–Trinajstić information content (AvgIpc) is 3.43. The lowest BCUT2D eigenvalue weighted by Gasteiger charge is -2.15. The molecule has 0 radical (unpaired) electrons. The predicted octanol–water partition coefficient (Wildman–Crippen LogP) is 9.33. The third kappa shape index (κ3) is 19.1. The Morgan fingerprint density at radius 3 is 0.948 bits per heavy atom. The summed E-state index contributed by atoms with van der Waals surface area (Å²) in [4.78, 5) is 0. The van der Waals surface area contributed by atoms with Crippen molar-refractivity contribution in [2.75, 3.05) is 14.2 Å². The lowest BCUT2D eigenvalue weighted by atomic mass is 10.2. The van der Waals surface area contributed by atoms with Crippen LogP contribution < -0.4 is 92.0 Å². The van der Waals surface area contributed by atoms with E-state index in [2.05, 4.69) is 151 Å². The van der Waals surface area contributed by atoms with Crippen LogP contribution >= 0.6 is 90.4 Å². The molecule has 0 atom stereocenters. The van der Waals surface area contributed by atoms with Gasteiger partial charge in [-0.2, -0.15) is 0 Å². The van der Waals surface area contributed by atoms with E-state index in [0.29, 0.717) is 28.7 Å². The van der Waals surface area contributed by atoms with Gasteiger partial charge in [0.1, 0.15) is 34.6 Å². The summed E-state index contributed by atoms with van der Waals surface area (Å²) in [6, 6.07) is 74.5. The third-order valence-electron chi connectivity index (χ3n) is 10.3. The Balaban J connectivity index is 0.000000155. The van der Waals surface area contributed by atoms with E-state index in [1.54, 1.807) is 13.2 Å². The minimum absolute atomic E-state index is 0.134. The minimum Gasteiger partial charge on any atom is -0.490 e. The average molecular weight is 1810 g/mol. The Hall–Kier alpha value is -4.03. The SMILES string of the molecule is COc1c(F)cc([I+]c2ccccc2)cc1Oc1ccc(I)cc1.COc1c(Oc2ccc(I)cc2)cc([I+]c2ccccc2)cc1Oc1ccc(I)cc1.Fc1ccc([I+]c2ccc(Oc3ccc(I)cc3)cc2)cc1. The van der Waals surface area contributed by atoms with E-state index < -0.39 is 48.2 Å². The molecule has 0 aliphatic rings. The highest BCUT2D eigenvalue weighted by molar-refractivity contribution is 14.1. The second-order valence-corrected chi connectivity index (χ2v) is 29.9. The van der Waals surface area contributed by atoms with Crippen molar-refractivity contribution < 1.29 is 101 Å². The van der Waals surface area contributed by atoms with Crippen molar-refractivity contribution in [2.45, 2.75) is 0 Å². The van der Waals surface area contributed by atoms with Crippen LogP contribution in [0.15, 0.2) is 231 Å². The van der Waals surface area contributed by atoms with Crippen LogP contribution in [-0.2, 0) is 0 Å². The molecule has 0 saturated heterocycles. The van der Waals surface area contributed by atoms with Gasteiger partial charge in [0.2, 0.25) is 12.9 Å². The molecule has 0 unspecified atom stereocenters. The summed E-state index contributed by atoms with van der Waals surface area (Å²) in [7, 11) is 3.09. The summed E-state index contributed by atoms with van der Waals surface area (Å²) in [5.41, 5.74) is 0. The molecule has 0 heterocycles. The quantitative estimate of drug-likeness (QED) is 0.0901. The molecule has 10 aromatic carbocycles. The van der Waals surface area contributed by atoms with Crippen molar-refractivity contribution in [1.29, 1.82) is 0 Å². The van der Waals surface area contributed by atoms with Crippen LogP contribution in [-0.4, -0.2) is 14.2 Å². The summed E-state index contributed by atoms with van der Waals surface area (Å²) in [6.45, 7) is 0. The van der Waals surface area contributed by atoms with E-state index in [0.717, 1.165) is 37.3 Å². The largest absolute Gasteiger partial charge is 0.490 e. The molecule has 0 aromatic heterocycles. The van der Waals surface area contributed by atoms with Gasteiger partial charge in [0.25, 0.3) is 0 Å². The molecule has 15 heteroatoms. The first kappa shape index (κ1) is 59.1. The summed E-state index contributed by atoms with van der Waals surface area (Å²) < 4.78 is 74.1. The number of hydrogen-bond donors (Lipinski definition) is 0. The molecule has 6 nitrogen and oxygen atoms in total. The standard InChI is InChI=1S/C25H18I3O3.C19H14FI2O2.C18H12FI2O/c1-29-25-23(30-21-11-7-17(26)8-12-21)15-20(28-19-5-3-2-4-6-19)16-24(25)31-22-13-9-18(27)10-14-22;1-23-19-17(20)11-15(22-14-5-3-2-4-6-14)12-18(19)24-16-9-7-13(21)8-10-16;19-13-1-5-15(6-2-13)21-16-7-11-18(12-8-16)22-17-9-3-14(20)4-10-17/h2-16H,1H3;2-12H,1H3;1-12H/q3*+1. The van der Waals surface area contributed by atoms with Crippen molar-refractivity contribution in [1.82, 2.24) is 0 Å². The lowest BCUT2D eigenvalue weighted by molar-refractivity contribution is -0.598. The van der Waals surface area contributed by atoms with Crippen LogP contribution in [0.1, 0.15) is 0 Å². The van der Waals surface area contributed by atoms with Gasteiger partial charge in [-0.25, -0.2) is 8.78 Å². The zero-order valence-electron chi connectivity index (χ0n) is 40.8. The van der Waals surface area contributed by atoms with E-state index >= 15 is 0 Å². The van der Waals surface area contributed by atoms with Crippen LogP contribution in [0.5, 0.6) is 57.5 Å². The fourth-order valence-corrected chi connectivity index (χ4v) is 15.1. The highest BCUT2D eigenvalue weighted by atomic mass is 127.